The summed E-state index contributed by atoms with van der Waals surface area (Å²) in [5.41, 5.74) is 0. The second kappa shape index (κ2) is 5.73. The Balaban J connectivity index is 1.63. The van der Waals surface area contributed by atoms with E-state index in [0.717, 1.165) is 24.5 Å². The normalized spacial score (nSPS) is 31.6. The Hall–Kier alpha value is -0.480. The van der Waals surface area contributed by atoms with Gasteiger partial charge in [0.1, 0.15) is 0 Å². The van der Waals surface area contributed by atoms with Gasteiger partial charge in [-0.3, -0.25) is 4.79 Å². The second-order valence-electron chi connectivity index (χ2n) is 4.54. The average Bonchev–Trinajstić information content (AvgIpc) is 2.90. The molecule has 0 radical (unpaired) electrons. The maximum Gasteiger partial charge on any atom is 0.224 e. The van der Waals surface area contributed by atoms with Crippen LogP contribution in [-0.4, -0.2) is 36.0 Å². The zero-order valence-electron chi connectivity index (χ0n) is 9.58. The summed E-state index contributed by atoms with van der Waals surface area (Å²) in [5, 5.41) is 6.52. The van der Waals surface area contributed by atoms with Crippen molar-refractivity contribution in [3.63, 3.8) is 0 Å². The third-order valence-corrected chi connectivity index (χ3v) is 4.38. The molecule has 3 nitrogen and oxygen atoms in total. The number of hydrogen-bond acceptors (Lipinski definition) is 3. The summed E-state index contributed by atoms with van der Waals surface area (Å²) in [6, 6.07) is 1.06. The summed E-state index contributed by atoms with van der Waals surface area (Å²) in [5.74, 6) is 2.42. The summed E-state index contributed by atoms with van der Waals surface area (Å²) >= 11 is 1.80. The molecule has 90 valence electrons. The summed E-state index contributed by atoms with van der Waals surface area (Å²) < 4.78 is 0. The number of amides is 1. The molecular formula is C12H20N2OS. The highest BCUT2D eigenvalue weighted by Crippen LogP contribution is 2.33. The molecule has 2 heterocycles. The first-order valence-corrected chi connectivity index (χ1v) is 7.19. The minimum Gasteiger partial charge on any atom is -0.355 e. The van der Waals surface area contributed by atoms with Crippen LogP contribution in [-0.2, 0) is 4.79 Å². The molecule has 2 aliphatic rings. The third kappa shape index (κ3) is 2.80. The van der Waals surface area contributed by atoms with Crippen LogP contribution < -0.4 is 10.6 Å². The van der Waals surface area contributed by atoms with Gasteiger partial charge in [-0.15, -0.1) is 6.58 Å². The minimum absolute atomic E-state index is 0.225. The Morgan fingerprint density at radius 3 is 3.06 bits per heavy atom. The van der Waals surface area contributed by atoms with E-state index in [1.807, 2.05) is 6.08 Å². The van der Waals surface area contributed by atoms with E-state index in [2.05, 4.69) is 17.2 Å². The minimum atomic E-state index is 0.225. The molecule has 2 N–H and O–H groups in total. The summed E-state index contributed by atoms with van der Waals surface area (Å²) in [7, 11) is 0. The zero-order valence-corrected chi connectivity index (χ0v) is 10.4. The molecule has 0 aliphatic carbocycles. The lowest BCUT2D eigenvalue weighted by atomic mass is 9.88. The highest BCUT2D eigenvalue weighted by Gasteiger charge is 2.42. The molecule has 16 heavy (non-hydrogen) atoms. The molecule has 3 unspecified atom stereocenters. The van der Waals surface area contributed by atoms with Gasteiger partial charge in [-0.1, -0.05) is 6.08 Å². The fourth-order valence-electron chi connectivity index (χ4n) is 2.66. The van der Waals surface area contributed by atoms with Crippen LogP contribution in [0, 0.1) is 5.92 Å². The van der Waals surface area contributed by atoms with Crippen LogP contribution in [0.1, 0.15) is 19.3 Å². The van der Waals surface area contributed by atoms with Crippen LogP contribution in [0.25, 0.3) is 0 Å². The van der Waals surface area contributed by atoms with Crippen LogP contribution in [0.5, 0.6) is 0 Å². The fourth-order valence-corrected chi connectivity index (χ4v) is 3.24. The Bertz CT molecular complexity index is 270. The Morgan fingerprint density at radius 1 is 1.56 bits per heavy atom. The highest BCUT2D eigenvalue weighted by molar-refractivity contribution is 7.99. The molecule has 1 amide bonds. The molecule has 2 aliphatic heterocycles. The van der Waals surface area contributed by atoms with Crippen molar-refractivity contribution in [3.8, 4) is 0 Å². The zero-order chi connectivity index (χ0) is 11.4. The number of carbonyl (C=O) groups excluding carboxylic acids is 1. The van der Waals surface area contributed by atoms with E-state index in [1.165, 1.54) is 12.8 Å². The largest absolute Gasteiger partial charge is 0.355 e. The predicted molar refractivity (Wildman–Crippen MR) is 68.6 cm³/mol. The maximum atomic E-state index is 11.9. The molecule has 3 atom stereocenters. The first kappa shape index (κ1) is 12.0. The molecule has 2 rings (SSSR count). The van der Waals surface area contributed by atoms with E-state index in [1.54, 1.807) is 11.8 Å². The van der Waals surface area contributed by atoms with Gasteiger partial charge in [0.05, 0.1) is 5.92 Å². The highest BCUT2D eigenvalue weighted by atomic mass is 32.2. The van der Waals surface area contributed by atoms with Crippen molar-refractivity contribution in [1.29, 1.82) is 0 Å². The van der Waals surface area contributed by atoms with Gasteiger partial charge in [-0.05, 0) is 19.3 Å². The molecular weight excluding hydrogens is 220 g/mol. The quantitative estimate of drug-likeness (QED) is 0.541. The van der Waals surface area contributed by atoms with Crippen LogP contribution in [0.3, 0.4) is 0 Å². The Labute approximate surface area is 101 Å². The first-order chi connectivity index (χ1) is 7.81. The van der Waals surface area contributed by atoms with Crippen molar-refractivity contribution in [2.75, 3.05) is 18.1 Å². The lowest BCUT2D eigenvalue weighted by Gasteiger charge is -2.19. The summed E-state index contributed by atoms with van der Waals surface area (Å²) in [6.07, 6.45) is 5.36. The molecule has 0 spiro atoms. The summed E-state index contributed by atoms with van der Waals surface area (Å²) in [4.78, 5) is 11.9. The third-order valence-electron chi connectivity index (χ3n) is 3.42. The van der Waals surface area contributed by atoms with Gasteiger partial charge in [0.25, 0.3) is 0 Å². The van der Waals surface area contributed by atoms with E-state index in [0.29, 0.717) is 12.1 Å². The maximum absolute atomic E-state index is 11.9. The number of nitrogens with one attached hydrogen (secondary N) is 2. The van der Waals surface area contributed by atoms with Crippen molar-refractivity contribution < 1.29 is 4.79 Å². The Morgan fingerprint density at radius 2 is 2.44 bits per heavy atom. The summed E-state index contributed by atoms with van der Waals surface area (Å²) in [6.45, 7) is 4.45. The predicted octanol–water partition coefficient (Wildman–Crippen LogP) is 1.16. The standard InChI is InChI=1S/C12H20N2OS/c1-2-6-16-7-5-13-12(15)10-8-9-3-4-11(10)14-9/h2,9-11,14H,1,3-8H2,(H,13,15). The van der Waals surface area contributed by atoms with Crippen LogP contribution >= 0.6 is 11.8 Å². The van der Waals surface area contributed by atoms with Gasteiger partial charge in [-0.2, -0.15) is 11.8 Å². The smallest absolute Gasteiger partial charge is 0.224 e. The number of hydrogen-bond donors (Lipinski definition) is 2. The fraction of sp³-hybridized carbons (Fsp3) is 0.750. The van der Waals surface area contributed by atoms with Gasteiger partial charge in [0.2, 0.25) is 5.91 Å². The van der Waals surface area contributed by atoms with Crippen LogP contribution in [0.4, 0.5) is 0 Å². The van der Waals surface area contributed by atoms with Crippen LogP contribution in [0.15, 0.2) is 12.7 Å². The molecule has 0 saturated carbocycles. The molecule has 0 aromatic rings. The SMILES string of the molecule is C=CCSCCNC(=O)C1CC2CCC1N2. The van der Waals surface area contributed by atoms with Crippen molar-refractivity contribution >= 4 is 17.7 Å². The van der Waals surface area contributed by atoms with Crippen molar-refractivity contribution in [3.05, 3.63) is 12.7 Å². The van der Waals surface area contributed by atoms with Crippen LogP contribution in [0.2, 0.25) is 0 Å². The van der Waals surface area contributed by atoms with E-state index >= 15 is 0 Å². The molecule has 2 bridgehead atoms. The number of fused-ring (bicyclic) bond motifs is 2. The van der Waals surface area contributed by atoms with Gasteiger partial charge in [-0.25, -0.2) is 0 Å². The lowest BCUT2D eigenvalue weighted by Crippen LogP contribution is -2.38. The Kier molecular flexibility index (Phi) is 4.29. The van der Waals surface area contributed by atoms with Gasteiger partial charge >= 0.3 is 0 Å². The van der Waals surface area contributed by atoms with Crippen molar-refractivity contribution in [2.24, 2.45) is 5.92 Å². The van der Waals surface area contributed by atoms with E-state index in [4.69, 9.17) is 0 Å². The average molecular weight is 240 g/mol. The molecule has 4 heteroatoms. The monoisotopic (exact) mass is 240 g/mol. The van der Waals surface area contributed by atoms with Crippen molar-refractivity contribution in [2.45, 2.75) is 31.3 Å². The van der Waals surface area contributed by atoms with Crippen molar-refractivity contribution in [1.82, 2.24) is 10.6 Å². The van der Waals surface area contributed by atoms with E-state index in [9.17, 15) is 4.79 Å². The number of thioether (sulfide) groups is 1. The molecule has 2 fully saturated rings. The molecule has 0 aromatic heterocycles. The van der Waals surface area contributed by atoms with Gasteiger partial charge < -0.3 is 10.6 Å². The van der Waals surface area contributed by atoms with E-state index < -0.39 is 0 Å². The molecule has 2 saturated heterocycles. The topological polar surface area (TPSA) is 41.1 Å². The molecule has 0 aromatic carbocycles. The van der Waals surface area contributed by atoms with Gasteiger partial charge in [0, 0.05) is 30.1 Å². The van der Waals surface area contributed by atoms with Gasteiger partial charge in [0.15, 0.2) is 0 Å². The second-order valence-corrected chi connectivity index (χ2v) is 5.69. The number of rotatable bonds is 6. The van der Waals surface area contributed by atoms with E-state index in [-0.39, 0.29) is 11.8 Å². The first-order valence-electron chi connectivity index (χ1n) is 6.03. The lowest BCUT2D eigenvalue weighted by molar-refractivity contribution is -0.125. The number of carbonyl (C=O) groups is 1.